The average Bonchev–Trinajstić information content (AvgIpc) is 3.16. The van der Waals surface area contributed by atoms with Crippen molar-refractivity contribution in [2.75, 3.05) is 26.8 Å². The third kappa shape index (κ3) is 3.74. The predicted octanol–water partition coefficient (Wildman–Crippen LogP) is 2.14. The van der Waals surface area contributed by atoms with Crippen LogP contribution in [-0.2, 0) is 4.79 Å². The van der Waals surface area contributed by atoms with Gasteiger partial charge in [0.25, 0.3) is 5.91 Å². The lowest BCUT2D eigenvalue weighted by Crippen LogP contribution is -2.50. The molecule has 0 N–H and O–H groups in total. The Morgan fingerprint density at radius 1 is 1.22 bits per heavy atom. The van der Waals surface area contributed by atoms with Gasteiger partial charge in [0.05, 0.1) is 13.0 Å². The molecule has 4 rings (SSSR count). The van der Waals surface area contributed by atoms with Gasteiger partial charge in [0.2, 0.25) is 11.7 Å². The smallest absolute Gasteiger partial charge is 0.260 e. The zero-order valence-corrected chi connectivity index (χ0v) is 14.7. The molecule has 8 heteroatoms. The van der Waals surface area contributed by atoms with Crippen LogP contribution in [0.3, 0.4) is 0 Å². The van der Waals surface area contributed by atoms with E-state index in [1.54, 1.807) is 36.5 Å². The summed E-state index contributed by atoms with van der Waals surface area (Å²) in [5, 5.41) is 4.00. The molecule has 0 radical (unpaired) electrons. The second kappa shape index (κ2) is 7.45. The summed E-state index contributed by atoms with van der Waals surface area (Å²) in [4.78, 5) is 22.4. The Hall–Kier alpha value is -3.42. The van der Waals surface area contributed by atoms with Gasteiger partial charge < -0.3 is 18.9 Å². The van der Waals surface area contributed by atoms with Crippen LogP contribution in [0.2, 0.25) is 0 Å². The summed E-state index contributed by atoms with van der Waals surface area (Å²) >= 11 is 0. The molecule has 1 aliphatic heterocycles. The zero-order valence-electron chi connectivity index (χ0n) is 14.7. The lowest BCUT2D eigenvalue weighted by atomic mass is 10.0. The molecular weight excluding hydrogens is 348 g/mol. The molecule has 0 saturated carbocycles. The van der Waals surface area contributed by atoms with E-state index < -0.39 is 0 Å². The number of hydrogen-bond donors (Lipinski definition) is 0. The lowest BCUT2D eigenvalue weighted by Gasteiger charge is -2.36. The van der Waals surface area contributed by atoms with Crippen LogP contribution in [-0.4, -0.2) is 52.7 Å². The molecule has 1 fully saturated rings. The van der Waals surface area contributed by atoms with Crippen molar-refractivity contribution in [2.45, 2.75) is 5.92 Å². The summed E-state index contributed by atoms with van der Waals surface area (Å²) in [7, 11) is 1.59. The molecule has 3 heterocycles. The number of nitrogens with zero attached hydrogens (tertiary/aromatic N) is 4. The second-order valence-electron chi connectivity index (χ2n) is 6.16. The van der Waals surface area contributed by atoms with Crippen molar-refractivity contribution in [3.05, 3.63) is 54.7 Å². The molecule has 1 aliphatic rings. The van der Waals surface area contributed by atoms with E-state index in [-0.39, 0.29) is 18.4 Å². The van der Waals surface area contributed by atoms with Gasteiger partial charge >= 0.3 is 0 Å². The van der Waals surface area contributed by atoms with Crippen molar-refractivity contribution < 1.29 is 18.8 Å². The van der Waals surface area contributed by atoms with Gasteiger partial charge in [-0.05, 0) is 24.3 Å². The van der Waals surface area contributed by atoms with Crippen LogP contribution in [0.25, 0.3) is 11.4 Å². The number of carbonyl (C=O) groups is 1. The topological polar surface area (TPSA) is 90.6 Å². The summed E-state index contributed by atoms with van der Waals surface area (Å²) in [6.07, 6.45) is 3.36. The molecule has 27 heavy (non-hydrogen) atoms. The van der Waals surface area contributed by atoms with Crippen molar-refractivity contribution >= 4 is 5.91 Å². The molecule has 2 aromatic heterocycles. The molecule has 0 aliphatic carbocycles. The maximum Gasteiger partial charge on any atom is 0.260 e. The Balaban J connectivity index is 1.29. The number of ether oxygens (including phenoxy) is 2. The van der Waals surface area contributed by atoms with Gasteiger partial charge in [-0.3, -0.25) is 9.78 Å². The van der Waals surface area contributed by atoms with Crippen LogP contribution in [0, 0.1) is 0 Å². The van der Waals surface area contributed by atoms with Gasteiger partial charge in [0.15, 0.2) is 6.61 Å². The van der Waals surface area contributed by atoms with E-state index in [0.29, 0.717) is 36.3 Å². The van der Waals surface area contributed by atoms with Crippen molar-refractivity contribution in [1.82, 2.24) is 20.0 Å². The summed E-state index contributed by atoms with van der Waals surface area (Å²) in [6.45, 7) is 1.06. The summed E-state index contributed by atoms with van der Waals surface area (Å²) < 4.78 is 16.0. The number of hydrogen-bond acceptors (Lipinski definition) is 7. The Bertz CT molecular complexity index is 922. The van der Waals surface area contributed by atoms with Gasteiger partial charge in [0.1, 0.15) is 11.5 Å². The summed E-state index contributed by atoms with van der Waals surface area (Å²) in [6, 6.07) is 10.8. The molecule has 0 bridgehead atoms. The highest BCUT2D eigenvalue weighted by molar-refractivity contribution is 5.78. The minimum Gasteiger partial charge on any atom is -0.497 e. The fraction of sp³-hybridized carbons (Fsp3) is 0.263. The number of methoxy groups -OCH3 is 1. The van der Waals surface area contributed by atoms with Crippen LogP contribution < -0.4 is 9.47 Å². The third-order valence-corrected chi connectivity index (χ3v) is 4.37. The fourth-order valence-electron chi connectivity index (χ4n) is 2.78. The van der Waals surface area contributed by atoms with Crippen LogP contribution in [0.4, 0.5) is 0 Å². The third-order valence-electron chi connectivity index (χ3n) is 4.37. The molecule has 3 aromatic rings. The van der Waals surface area contributed by atoms with Crippen LogP contribution in [0.5, 0.6) is 11.5 Å². The Kier molecular flexibility index (Phi) is 4.69. The zero-order chi connectivity index (χ0) is 18.6. The van der Waals surface area contributed by atoms with Crippen LogP contribution in [0.1, 0.15) is 11.8 Å². The average molecular weight is 366 g/mol. The maximum absolute atomic E-state index is 12.3. The van der Waals surface area contributed by atoms with Gasteiger partial charge in [-0.2, -0.15) is 4.98 Å². The Morgan fingerprint density at radius 2 is 2.00 bits per heavy atom. The van der Waals surface area contributed by atoms with Crippen LogP contribution >= 0.6 is 0 Å². The van der Waals surface area contributed by atoms with E-state index in [2.05, 4.69) is 15.1 Å². The highest BCUT2D eigenvalue weighted by Crippen LogP contribution is 2.27. The normalized spacial score (nSPS) is 13.9. The highest BCUT2D eigenvalue weighted by atomic mass is 16.5. The Morgan fingerprint density at radius 3 is 2.78 bits per heavy atom. The van der Waals surface area contributed by atoms with E-state index in [1.165, 1.54) is 0 Å². The first-order valence-electron chi connectivity index (χ1n) is 8.51. The highest BCUT2D eigenvalue weighted by Gasteiger charge is 2.35. The second-order valence-corrected chi connectivity index (χ2v) is 6.16. The molecule has 1 amide bonds. The first kappa shape index (κ1) is 17.0. The van der Waals surface area contributed by atoms with Crippen molar-refractivity contribution in [3.8, 4) is 22.9 Å². The molecule has 138 valence electrons. The SMILES string of the molecule is COc1cccc(OCC(=O)N2CC(c3nc(-c4ccncc4)no3)C2)c1. The van der Waals surface area contributed by atoms with E-state index in [0.717, 1.165) is 5.56 Å². The van der Waals surface area contributed by atoms with Gasteiger partial charge in [0, 0.05) is 37.1 Å². The summed E-state index contributed by atoms with van der Waals surface area (Å²) in [5.41, 5.74) is 0.846. The lowest BCUT2D eigenvalue weighted by molar-refractivity contribution is -0.138. The monoisotopic (exact) mass is 366 g/mol. The number of benzene rings is 1. The van der Waals surface area contributed by atoms with E-state index >= 15 is 0 Å². The van der Waals surface area contributed by atoms with Gasteiger partial charge in [-0.15, -0.1) is 0 Å². The standard InChI is InChI=1S/C19H18N4O4/c1-25-15-3-2-4-16(9-15)26-12-17(24)23-10-14(11-23)19-21-18(22-27-19)13-5-7-20-8-6-13/h2-9,14H,10-12H2,1H3. The molecule has 0 spiro atoms. The van der Waals surface area contributed by atoms with Gasteiger partial charge in [-0.25, -0.2) is 0 Å². The molecule has 0 atom stereocenters. The number of rotatable bonds is 6. The maximum atomic E-state index is 12.3. The number of amides is 1. The van der Waals surface area contributed by atoms with E-state index in [4.69, 9.17) is 14.0 Å². The summed E-state index contributed by atoms with van der Waals surface area (Å²) in [5.74, 6) is 2.32. The number of carbonyl (C=O) groups excluding carboxylic acids is 1. The van der Waals surface area contributed by atoms with Crippen LogP contribution in [0.15, 0.2) is 53.3 Å². The number of likely N-dealkylation sites (tertiary alicyclic amines) is 1. The molecular formula is C19H18N4O4. The van der Waals surface area contributed by atoms with Crippen molar-refractivity contribution in [1.29, 1.82) is 0 Å². The first-order valence-corrected chi connectivity index (χ1v) is 8.51. The quantitative estimate of drug-likeness (QED) is 0.660. The molecule has 1 aromatic carbocycles. The van der Waals surface area contributed by atoms with E-state index in [9.17, 15) is 4.79 Å². The largest absolute Gasteiger partial charge is 0.497 e. The van der Waals surface area contributed by atoms with Crippen molar-refractivity contribution in [3.63, 3.8) is 0 Å². The molecule has 1 saturated heterocycles. The number of pyridine rings is 1. The molecule has 8 nitrogen and oxygen atoms in total. The predicted molar refractivity (Wildman–Crippen MR) is 95.3 cm³/mol. The first-order chi connectivity index (χ1) is 13.2. The van der Waals surface area contributed by atoms with Gasteiger partial charge in [-0.1, -0.05) is 11.2 Å². The van der Waals surface area contributed by atoms with Crippen molar-refractivity contribution in [2.24, 2.45) is 0 Å². The Labute approximate surface area is 155 Å². The fourth-order valence-corrected chi connectivity index (χ4v) is 2.78. The number of aromatic nitrogens is 3. The minimum atomic E-state index is -0.0806. The molecule has 0 unspecified atom stereocenters. The van der Waals surface area contributed by atoms with E-state index in [1.807, 2.05) is 24.3 Å². The minimum absolute atomic E-state index is 0.0218.